The number of rotatable bonds is 4. The van der Waals surface area contributed by atoms with E-state index in [2.05, 4.69) is 25.0 Å². The number of hydrogen-bond acceptors (Lipinski definition) is 1. The Labute approximate surface area is 85.1 Å². The van der Waals surface area contributed by atoms with E-state index in [1.165, 1.54) is 11.1 Å². The maximum absolute atomic E-state index is 11.2. The Hall–Kier alpha value is -1.55. The third-order valence-electron chi connectivity index (χ3n) is 2.23. The van der Waals surface area contributed by atoms with Crippen molar-refractivity contribution < 1.29 is 4.79 Å². The van der Waals surface area contributed by atoms with E-state index >= 15 is 0 Å². The number of hydrogen-bond donors (Lipinski definition) is 0. The Balaban J connectivity index is 2.51. The zero-order valence-electron chi connectivity index (χ0n) is 8.42. The zero-order valence-corrected chi connectivity index (χ0v) is 8.42. The molecule has 0 aliphatic rings. The van der Waals surface area contributed by atoms with Crippen LogP contribution in [0.15, 0.2) is 24.3 Å². The summed E-state index contributed by atoms with van der Waals surface area (Å²) in [7, 11) is 0. The maximum atomic E-state index is 11.2. The SMILES string of the molecule is C#CCC(=O)CCc1ccccc1C. The van der Waals surface area contributed by atoms with E-state index in [1.54, 1.807) is 0 Å². The minimum Gasteiger partial charge on any atom is -0.299 e. The fourth-order valence-electron chi connectivity index (χ4n) is 1.37. The molecule has 0 aliphatic carbocycles. The van der Waals surface area contributed by atoms with E-state index in [0.29, 0.717) is 6.42 Å². The summed E-state index contributed by atoms with van der Waals surface area (Å²) in [4.78, 5) is 11.2. The van der Waals surface area contributed by atoms with Crippen LogP contribution in [0.5, 0.6) is 0 Å². The molecule has 0 fully saturated rings. The van der Waals surface area contributed by atoms with Crippen LogP contribution in [0.25, 0.3) is 0 Å². The molecule has 0 amide bonds. The Morgan fingerprint density at radius 1 is 1.43 bits per heavy atom. The van der Waals surface area contributed by atoms with Crippen molar-refractivity contribution in [2.24, 2.45) is 0 Å². The lowest BCUT2D eigenvalue weighted by Crippen LogP contribution is -1.99. The normalized spacial score (nSPS) is 9.43. The second kappa shape index (κ2) is 5.24. The molecule has 0 aliphatic heterocycles. The summed E-state index contributed by atoms with van der Waals surface area (Å²) in [6.07, 6.45) is 6.66. The van der Waals surface area contributed by atoms with Crippen LogP contribution in [-0.2, 0) is 11.2 Å². The van der Waals surface area contributed by atoms with E-state index in [4.69, 9.17) is 6.42 Å². The highest BCUT2D eigenvalue weighted by Crippen LogP contribution is 2.09. The number of Topliss-reactive ketones (excluding diaryl/α,β-unsaturated/α-hetero) is 1. The third-order valence-corrected chi connectivity index (χ3v) is 2.23. The van der Waals surface area contributed by atoms with E-state index in [-0.39, 0.29) is 12.2 Å². The van der Waals surface area contributed by atoms with Gasteiger partial charge in [0.25, 0.3) is 0 Å². The molecule has 1 rings (SSSR count). The highest BCUT2D eigenvalue weighted by Gasteiger charge is 2.02. The monoisotopic (exact) mass is 186 g/mol. The molecule has 0 bridgehead atoms. The van der Waals surface area contributed by atoms with Gasteiger partial charge in [0.2, 0.25) is 0 Å². The minimum absolute atomic E-state index is 0.149. The molecule has 0 aromatic heterocycles. The maximum Gasteiger partial charge on any atom is 0.145 e. The molecule has 0 spiro atoms. The van der Waals surface area contributed by atoms with Gasteiger partial charge in [0.1, 0.15) is 5.78 Å². The number of benzene rings is 1. The fourth-order valence-corrected chi connectivity index (χ4v) is 1.37. The molecule has 0 heterocycles. The summed E-state index contributed by atoms with van der Waals surface area (Å²) in [6, 6.07) is 8.11. The van der Waals surface area contributed by atoms with Crippen LogP contribution in [0.1, 0.15) is 24.0 Å². The molecule has 1 heteroatoms. The van der Waals surface area contributed by atoms with Gasteiger partial charge in [0.15, 0.2) is 0 Å². The number of aryl methyl sites for hydroxylation is 2. The van der Waals surface area contributed by atoms with E-state index in [0.717, 1.165) is 6.42 Å². The lowest BCUT2D eigenvalue weighted by atomic mass is 10.0. The fraction of sp³-hybridized carbons (Fsp3) is 0.308. The number of ketones is 1. The number of carbonyl (C=O) groups excluding carboxylic acids is 1. The van der Waals surface area contributed by atoms with Gasteiger partial charge in [-0.1, -0.05) is 30.2 Å². The average Bonchev–Trinajstić information content (AvgIpc) is 2.17. The van der Waals surface area contributed by atoms with Crippen LogP contribution in [0.3, 0.4) is 0 Å². The first-order valence-corrected chi connectivity index (χ1v) is 4.73. The molecule has 0 atom stereocenters. The molecule has 1 aromatic carbocycles. The van der Waals surface area contributed by atoms with Crippen LogP contribution < -0.4 is 0 Å². The van der Waals surface area contributed by atoms with Crippen LogP contribution in [-0.4, -0.2) is 5.78 Å². The molecule has 14 heavy (non-hydrogen) atoms. The largest absolute Gasteiger partial charge is 0.299 e. The summed E-state index contributed by atoms with van der Waals surface area (Å²) in [5, 5.41) is 0. The smallest absolute Gasteiger partial charge is 0.145 e. The highest BCUT2D eigenvalue weighted by atomic mass is 16.1. The summed E-state index contributed by atoms with van der Waals surface area (Å²) < 4.78 is 0. The van der Waals surface area contributed by atoms with Gasteiger partial charge in [-0.3, -0.25) is 4.79 Å². The van der Waals surface area contributed by atoms with E-state index < -0.39 is 0 Å². The average molecular weight is 186 g/mol. The van der Waals surface area contributed by atoms with Gasteiger partial charge in [-0.2, -0.15) is 0 Å². The van der Waals surface area contributed by atoms with Crippen LogP contribution in [0.2, 0.25) is 0 Å². The Morgan fingerprint density at radius 3 is 2.79 bits per heavy atom. The molecule has 0 N–H and O–H groups in total. The standard InChI is InChI=1S/C13H14O/c1-3-6-13(14)10-9-12-8-5-4-7-11(12)2/h1,4-5,7-8H,6,9-10H2,2H3. The topological polar surface area (TPSA) is 17.1 Å². The summed E-state index contributed by atoms with van der Waals surface area (Å²) in [5.74, 6) is 2.52. The zero-order chi connectivity index (χ0) is 10.4. The predicted octanol–water partition coefficient (Wildman–Crippen LogP) is 2.52. The third kappa shape index (κ3) is 3.06. The molecule has 0 saturated carbocycles. The molecule has 1 nitrogen and oxygen atoms in total. The minimum atomic E-state index is 0.149. The lowest BCUT2D eigenvalue weighted by Gasteiger charge is -2.03. The van der Waals surface area contributed by atoms with Crippen molar-refractivity contribution in [1.82, 2.24) is 0 Å². The molecule has 0 saturated heterocycles. The van der Waals surface area contributed by atoms with Crippen LogP contribution in [0, 0.1) is 19.3 Å². The molecular formula is C13H14O. The predicted molar refractivity (Wildman–Crippen MR) is 58.0 cm³/mol. The lowest BCUT2D eigenvalue weighted by molar-refractivity contribution is -0.118. The Bertz CT molecular complexity index is 358. The van der Waals surface area contributed by atoms with Crippen LogP contribution >= 0.6 is 0 Å². The van der Waals surface area contributed by atoms with Crippen LogP contribution in [0.4, 0.5) is 0 Å². The van der Waals surface area contributed by atoms with Gasteiger partial charge in [0.05, 0.1) is 6.42 Å². The molecule has 1 aromatic rings. The summed E-state index contributed by atoms with van der Waals surface area (Å²) in [5.41, 5.74) is 2.47. The quantitative estimate of drug-likeness (QED) is 0.660. The first kappa shape index (κ1) is 10.5. The van der Waals surface area contributed by atoms with Crippen molar-refractivity contribution >= 4 is 5.78 Å². The van der Waals surface area contributed by atoms with Gasteiger partial charge in [-0.15, -0.1) is 6.42 Å². The van der Waals surface area contributed by atoms with Gasteiger partial charge >= 0.3 is 0 Å². The first-order valence-electron chi connectivity index (χ1n) is 4.73. The second-order valence-electron chi connectivity index (χ2n) is 3.35. The van der Waals surface area contributed by atoms with Gasteiger partial charge in [-0.25, -0.2) is 0 Å². The van der Waals surface area contributed by atoms with Gasteiger partial charge in [-0.05, 0) is 24.5 Å². The second-order valence-corrected chi connectivity index (χ2v) is 3.35. The van der Waals surface area contributed by atoms with Gasteiger partial charge in [0, 0.05) is 6.42 Å². The summed E-state index contributed by atoms with van der Waals surface area (Å²) in [6.45, 7) is 2.06. The molecule has 72 valence electrons. The van der Waals surface area contributed by atoms with Crippen molar-refractivity contribution in [2.45, 2.75) is 26.2 Å². The molecular weight excluding hydrogens is 172 g/mol. The van der Waals surface area contributed by atoms with Crippen molar-refractivity contribution in [1.29, 1.82) is 0 Å². The van der Waals surface area contributed by atoms with Crippen molar-refractivity contribution in [2.75, 3.05) is 0 Å². The molecule has 0 unspecified atom stereocenters. The van der Waals surface area contributed by atoms with Crippen molar-refractivity contribution in [3.8, 4) is 12.3 Å². The Morgan fingerprint density at radius 2 is 2.14 bits per heavy atom. The van der Waals surface area contributed by atoms with Crippen molar-refractivity contribution in [3.05, 3.63) is 35.4 Å². The first-order chi connectivity index (χ1) is 6.74. The van der Waals surface area contributed by atoms with E-state index in [9.17, 15) is 4.79 Å². The number of carbonyl (C=O) groups is 1. The van der Waals surface area contributed by atoms with Gasteiger partial charge < -0.3 is 0 Å². The summed E-state index contributed by atoms with van der Waals surface area (Å²) >= 11 is 0. The highest BCUT2D eigenvalue weighted by molar-refractivity contribution is 5.80. The van der Waals surface area contributed by atoms with E-state index in [1.807, 2.05) is 12.1 Å². The van der Waals surface area contributed by atoms with Crippen molar-refractivity contribution in [3.63, 3.8) is 0 Å². The number of terminal acetylenes is 1. The Kier molecular flexibility index (Phi) is 3.94. The molecule has 0 radical (unpaired) electrons.